The molecule has 0 aromatic heterocycles. The third-order valence-electron chi connectivity index (χ3n) is 3.55. The van der Waals surface area contributed by atoms with Crippen molar-refractivity contribution in [3.63, 3.8) is 0 Å². The van der Waals surface area contributed by atoms with E-state index in [9.17, 15) is 0 Å². The first-order valence-corrected chi connectivity index (χ1v) is 7.49. The minimum absolute atomic E-state index is 0.219. The molecule has 0 bridgehead atoms. The third kappa shape index (κ3) is 2.98. The number of ether oxygens (including phenoxy) is 1. The van der Waals surface area contributed by atoms with Crippen molar-refractivity contribution < 1.29 is 4.74 Å². The van der Waals surface area contributed by atoms with E-state index in [4.69, 9.17) is 4.74 Å². The summed E-state index contributed by atoms with van der Waals surface area (Å²) in [6.07, 6.45) is 0. The molecule has 0 aliphatic heterocycles. The number of anilines is 1. The highest BCUT2D eigenvalue weighted by atomic mass is 79.9. The summed E-state index contributed by atoms with van der Waals surface area (Å²) in [5.41, 5.74) is 4.65. The Morgan fingerprint density at radius 1 is 1.10 bits per heavy atom. The van der Waals surface area contributed by atoms with Crippen molar-refractivity contribution in [2.24, 2.45) is 0 Å². The van der Waals surface area contributed by atoms with Crippen LogP contribution in [0.5, 0.6) is 5.75 Å². The van der Waals surface area contributed by atoms with Crippen molar-refractivity contribution in [1.29, 1.82) is 0 Å². The molecule has 0 saturated heterocycles. The molecule has 0 fully saturated rings. The number of hydrogen-bond donors (Lipinski definition) is 1. The van der Waals surface area contributed by atoms with Crippen LogP contribution in [0.25, 0.3) is 0 Å². The molecule has 106 valence electrons. The zero-order valence-corrected chi connectivity index (χ0v) is 13.9. The first-order valence-electron chi connectivity index (χ1n) is 6.69. The lowest BCUT2D eigenvalue weighted by atomic mass is 10.1. The van der Waals surface area contributed by atoms with Gasteiger partial charge in [-0.25, -0.2) is 0 Å². The van der Waals surface area contributed by atoms with E-state index >= 15 is 0 Å². The number of hydrogen-bond acceptors (Lipinski definition) is 2. The maximum Gasteiger partial charge on any atom is 0.126 e. The number of methoxy groups -OCH3 is 1. The highest BCUT2D eigenvalue weighted by molar-refractivity contribution is 9.10. The van der Waals surface area contributed by atoms with Crippen molar-refractivity contribution in [3.8, 4) is 5.75 Å². The van der Waals surface area contributed by atoms with Crippen LogP contribution in [0.3, 0.4) is 0 Å². The largest absolute Gasteiger partial charge is 0.496 e. The number of halogens is 1. The molecule has 0 aliphatic carbocycles. The van der Waals surface area contributed by atoms with Crippen LogP contribution in [0.15, 0.2) is 40.9 Å². The Morgan fingerprint density at radius 2 is 1.80 bits per heavy atom. The van der Waals surface area contributed by atoms with Crippen molar-refractivity contribution in [1.82, 2.24) is 0 Å². The van der Waals surface area contributed by atoms with Gasteiger partial charge in [-0.05, 0) is 44.0 Å². The molecule has 2 aromatic rings. The van der Waals surface area contributed by atoms with Crippen LogP contribution in [-0.2, 0) is 0 Å². The molecule has 2 aromatic carbocycles. The number of nitrogens with one attached hydrogen (secondary N) is 1. The summed E-state index contributed by atoms with van der Waals surface area (Å²) in [4.78, 5) is 0. The first-order chi connectivity index (χ1) is 9.54. The molecule has 0 spiro atoms. The molecule has 0 aliphatic rings. The fourth-order valence-corrected chi connectivity index (χ4v) is 3.06. The smallest absolute Gasteiger partial charge is 0.126 e. The topological polar surface area (TPSA) is 21.3 Å². The molecule has 1 N–H and O–H groups in total. The fraction of sp³-hybridized carbons (Fsp3) is 0.294. The standard InChI is InChI=1S/C17H20BrNO/c1-11-9-10-16(12(2)17(11)20-4)19-13(3)14-7-5-6-8-15(14)18/h5-10,13,19H,1-4H3. The van der Waals surface area contributed by atoms with Gasteiger partial charge in [0.25, 0.3) is 0 Å². The molecule has 0 radical (unpaired) electrons. The van der Waals surface area contributed by atoms with Crippen LogP contribution >= 0.6 is 15.9 Å². The molecule has 0 amide bonds. The Kier molecular flexibility index (Phi) is 4.71. The lowest BCUT2D eigenvalue weighted by molar-refractivity contribution is 0.409. The van der Waals surface area contributed by atoms with Crippen molar-refractivity contribution in [3.05, 3.63) is 57.6 Å². The fourth-order valence-electron chi connectivity index (χ4n) is 2.43. The van der Waals surface area contributed by atoms with E-state index in [0.717, 1.165) is 27.0 Å². The lowest BCUT2D eigenvalue weighted by Gasteiger charge is -2.20. The van der Waals surface area contributed by atoms with Gasteiger partial charge in [0.1, 0.15) is 5.75 Å². The summed E-state index contributed by atoms with van der Waals surface area (Å²) < 4.78 is 6.60. The van der Waals surface area contributed by atoms with Gasteiger partial charge in [0, 0.05) is 21.8 Å². The predicted molar refractivity (Wildman–Crippen MR) is 88.6 cm³/mol. The van der Waals surface area contributed by atoms with Gasteiger partial charge in [-0.15, -0.1) is 0 Å². The van der Waals surface area contributed by atoms with Crippen molar-refractivity contribution in [2.75, 3.05) is 12.4 Å². The molecule has 2 nitrogen and oxygen atoms in total. The first kappa shape index (κ1) is 14.9. The Morgan fingerprint density at radius 3 is 2.45 bits per heavy atom. The highest BCUT2D eigenvalue weighted by Crippen LogP contribution is 2.32. The van der Waals surface area contributed by atoms with Gasteiger partial charge in [-0.3, -0.25) is 0 Å². The molecule has 2 rings (SSSR count). The van der Waals surface area contributed by atoms with Gasteiger partial charge in [0.05, 0.1) is 7.11 Å². The SMILES string of the molecule is COc1c(C)ccc(NC(C)c2ccccc2Br)c1C. The Bertz CT molecular complexity index is 610. The molecule has 1 atom stereocenters. The summed E-state index contributed by atoms with van der Waals surface area (Å²) in [5.74, 6) is 0.953. The zero-order valence-electron chi connectivity index (χ0n) is 12.3. The second-order valence-corrected chi connectivity index (χ2v) is 5.83. The Hall–Kier alpha value is -1.48. The van der Waals surface area contributed by atoms with Gasteiger partial charge in [0.2, 0.25) is 0 Å². The Balaban J connectivity index is 2.29. The van der Waals surface area contributed by atoms with E-state index in [-0.39, 0.29) is 6.04 Å². The van der Waals surface area contributed by atoms with Crippen LogP contribution < -0.4 is 10.1 Å². The van der Waals surface area contributed by atoms with Crippen LogP contribution in [0, 0.1) is 13.8 Å². The Labute approximate surface area is 129 Å². The van der Waals surface area contributed by atoms with Crippen molar-refractivity contribution in [2.45, 2.75) is 26.8 Å². The summed E-state index contributed by atoms with van der Waals surface area (Å²) in [5, 5.41) is 3.56. The summed E-state index contributed by atoms with van der Waals surface area (Å²) in [7, 11) is 1.72. The van der Waals surface area contributed by atoms with Crippen LogP contribution in [0.4, 0.5) is 5.69 Å². The number of benzene rings is 2. The molecular formula is C17H20BrNO. The molecule has 1 unspecified atom stereocenters. The van der Waals surface area contributed by atoms with E-state index < -0.39 is 0 Å². The summed E-state index contributed by atoms with van der Waals surface area (Å²) >= 11 is 3.60. The number of rotatable bonds is 4. The van der Waals surface area contributed by atoms with Gasteiger partial charge in [-0.2, -0.15) is 0 Å². The minimum Gasteiger partial charge on any atom is -0.496 e. The van der Waals surface area contributed by atoms with Gasteiger partial charge >= 0.3 is 0 Å². The van der Waals surface area contributed by atoms with Crippen LogP contribution in [0.2, 0.25) is 0 Å². The average molecular weight is 334 g/mol. The third-order valence-corrected chi connectivity index (χ3v) is 4.27. The molecule has 3 heteroatoms. The summed E-state index contributed by atoms with van der Waals surface area (Å²) in [6.45, 7) is 6.31. The maximum absolute atomic E-state index is 5.48. The number of aryl methyl sites for hydroxylation is 1. The second kappa shape index (κ2) is 6.31. The predicted octanol–water partition coefficient (Wildman–Crippen LogP) is 5.25. The van der Waals surface area contributed by atoms with Crippen LogP contribution in [-0.4, -0.2) is 7.11 Å². The minimum atomic E-state index is 0.219. The maximum atomic E-state index is 5.48. The monoisotopic (exact) mass is 333 g/mol. The molecule has 0 heterocycles. The average Bonchev–Trinajstić information content (AvgIpc) is 2.43. The van der Waals surface area contributed by atoms with Gasteiger partial charge < -0.3 is 10.1 Å². The van der Waals surface area contributed by atoms with Crippen LogP contribution in [0.1, 0.15) is 29.7 Å². The van der Waals surface area contributed by atoms with E-state index in [0.29, 0.717) is 0 Å². The van der Waals surface area contributed by atoms with E-state index in [1.807, 2.05) is 6.07 Å². The molecule has 0 saturated carbocycles. The van der Waals surface area contributed by atoms with Gasteiger partial charge in [-0.1, -0.05) is 40.2 Å². The molecular weight excluding hydrogens is 314 g/mol. The highest BCUT2D eigenvalue weighted by Gasteiger charge is 2.12. The normalized spacial score (nSPS) is 12.1. The van der Waals surface area contributed by atoms with Crippen molar-refractivity contribution >= 4 is 21.6 Å². The van der Waals surface area contributed by atoms with E-state index in [1.165, 1.54) is 5.56 Å². The van der Waals surface area contributed by atoms with E-state index in [2.05, 4.69) is 72.3 Å². The summed E-state index contributed by atoms with van der Waals surface area (Å²) in [6, 6.07) is 12.7. The van der Waals surface area contributed by atoms with Gasteiger partial charge in [0.15, 0.2) is 0 Å². The zero-order chi connectivity index (χ0) is 14.7. The quantitative estimate of drug-likeness (QED) is 0.825. The second-order valence-electron chi connectivity index (χ2n) is 4.98. The lowest BCUT2D eigenvalue weighted by Crippen LogP contribution is -2.09. The molecule has 20 heavy (non-hydrogen) atoms. The van der Waals surface area contributed by atoms with E-state index in [1.54, 1.807) is 7.11 Å².